The maximum absolute atomic E-state index is 13.6. The fourth-order valence-electron chi connectivity index (χ4n) is 1.94. The van der Waals surface area contributed by atoms with Crippen LogP contribution in [0.5, 0.6) is 0 Å². The molecule has 3 aromatic rings. The van der Waals surface area contributed by atoms with Crippen LogP contribution in [0.15, 0.2) is 46.9 Å². The van der Waals surface area contributed by atoms with Gasteiger partial charge in [-0.25, -0.2) is 4.39 Å². The highest BCUT2D eigenvalue weighted by atomic mass is 35.5. The Bertz CT molecular complexity index is 824. The molecule has 1 heterocycles. The van der Waals surface area contributed by atoms with E-state index in [1.807, 2.05) is 0 Å². The number of ketones is 1. The number of furan rings is 1. The summed E-state index contributed by atoms with van der Waals surface area (Å²) in [4.78, 5) is 12.3. The molecule has 3 rings (SSSR count). The van der Waals surface area contributed by atoms with Crippen molar-refractivity contribution in [2.24, 2.45) is 0 Å². The first-order valence-electron chi connectivity index (χ1n) is 5.74. The molecular weight excluding hydrogens is 302 g/mol. The van der Waals surface area contributed by atoms with Crippen LogP contribution in [-0.2, 0) is 0 Å². The number of halogens is 3. The second kappa shape index (κ2) is 4.93. The predicted octanol–water partition coefficient (Wildman–Crippen LogP) is 5.11. The van der Waals surface area contributed by atoms with Gasteiger partial charge in [-0.1, -0.05) is 35.3 Å². The van der Waals surface area contributed by atoms with E-state index in [0.29, 0.717) is 10.4 Å². The van der Waals surface area contributed by atoms with Crippen molar-refractivity contribution in [3.8, 4) is 0 Å². The summed E-state index contributed by atoms with van der Waals surface area (Å²) >= 11 is 11.8. The third kappa shape index (κ3) is 2.19. The van der Waals surface area contributed by atoms with Gasteiger partial charge < -0.3 is 4.42 Å². The molecule has 0 fully saturated rings. The normalized spacial score (nSPS) is 10.9. The van der Waals surface area contributed by atoms with E-state index in [9.17, 15) is 9.18 Å². The van der Waals surface area contributed by atoms with Crippen molar-refractivity contribution in [2.75, 3.05) is 0 Å². The summed E-state index contributed by atoms with van der Waals surface area (Å²) in [6.45, 7) is 0. The zero-order chi connectivity index (χ0) is 14.3. The van der Waals surface area contributed by atoms with E-state index in [4.69, 9.17) is 27.6 Å². The third-order valence-corrected chi connectivity index (χ3v) is 3.46. The lowest BCUT2D eigenvalue weighted by atomic mass is 10.1. The quantitative estimate of drug-likeness (QED) is 0.616. The summed E-state index contributed by atoms with van der Waals surface area (Å²) in [5, 5.41) is 1.17. The molecule has 0 bridgehead atoms. The van der Waals surface area contributed by atoms with Crippen LogP contribution in [0.1, 0.15) is 16.1 Å². The molecule has 100 valence electrons. The molecule has 0 radical (unpaired) electrons. The van der Waals surface area contributed by atoms with Gasteiger partial charge in [0.15, 0.2) is 17.2 Å². The van der Waals surface area contributed by atoms with E-state index in [1.165, 1.54) is 24.3 Å². The summed E-state index contributed by atoms with van der Waals surface area (Å²) in [6.07, 6.45) is 0. The van der Waals surface area contributed by atoms with Gasteiger partial charge in [-0.05, 0) is 30.3 Å². The number of benzene rings is 2. The van der Waals surface area contributed by atoms with E-state index in [0.717, 1.165) is 0 Å². The van der Waals surface area contributed by atoms with E-state index in [1.54, 1.807) is 18.2 Å². The molecule has 2 nitrogen and oxygen atoms in total. The van der Waals surface area contributed by atoms with Crippen LogP contribution in [0, 0.1) is 5.82 Å². The Morgan fingerprint density at radius 2 is 1.90 bits per heavy atom. The molecule has 2 aromatic carbocycles. The van der Waals surface area contributed by atoms with E-state index in [2.05, 4.69) is 0 Å². The maximum Gasteiger partial charge on any atom is 0.229 e. The van der Waals surface area contributed by atoms with Crippen LogP contribution in [0.2, 0.25) is 10.0 Å². The van der Waals surface area contributed by atoms with Gasteiger partial charge in [0, 0.05) is 16.0 Å². The molecule has 1 aromatic heterocycles. The first kappa shape index (κ1) is 13.2. The molecule has 0 unspecified atom stereocenters. The number of carbonyl (C=O) groups is 1. The maximum atomic E-state index is 13.6. The fraction of sp³-hybridized carbons (Fsp3) is 0. The van der Waals surface area contributed by atoms with Gasteiger partial charge in [-0.15, -0.1) is 0 Å². The highest BCUT2D eigenvalue weighted by Gasteiger charge is 2.19. The van der Waals surface area contributed by atoms with Gasteiger partial charge in [0.2, 0.25) is 5.78 Å². The molecule has 0 N–H and O–H groups in total. The molecule has 0 spiro atoms. The largest absolute Gasteiger partial charge is 0.449 e. The van der Waals surface area contributed by atoms with Crippen molar-refractivity contribution >= 4 is 40.0 Å². The molecule has 0 aliphatic rings. The minimum atomic E-state index is -0.515. The summed E-state index contributed by atoms with van der Waals surface area (Å²) < 4.78 is 18.8. The lowest BCUT2D eigenvalue weighted by Crippen LogP contribution is -2.00. The molecule has 5 heteroatoms. The number of para-hydroxylation sites is 1. The summed E-state index contributed by atoms with van der Waals surface area (Å²) in [6, 6.07) is 10.5. The smallest absolute Gasteiger partial charge is 0.229 e. The number of hydrogen-bond donors (Lipinski definition) is 0. The number of hydrogen-bond acceptors (Lipinski definition) is 2. The number of carbonyl (C=O) groups excluding carboxylic acids is 1. The Kier molecular flexibility index (Phi) is 3.24. The molecule has 0 aliphatic heterocycles. The van der Waals surface area contributed by atoms with Gasteiger partial charge in [-0.2, -0.15) is 0 Å². The third-order valence-electron chi connectivity index (χ3n) is 2.89. The highest BCUT2D eigenvalue weighted by molar-refractivity contribution is 6.36. The van der Waals surface area contributed by atoms with Crippen LogP contribution in [0.4, 0.5) is 4.39 Å². The number of fused-ring (bicyclic) bond motifs is 1. The Morgan fingerprint density at radius 3 is 2.65 bits per heavy atom. The van der Waals surface area contributed by atoms with Gasteiger partial charge in [0.25, 0.3) is 0 Å². The van der Waals surface area contributed by atoms with Gasteiger partial charge in [-0.3, -0.25) is 4.79 Å². The standard InChI is InChI=1S/C15H7Cl2FO2/c16-9-4-5-11(17)10(7-9)14(19)13-6-8-2-1-3-12(18)15(8)20-13/h1-7H. The zero-order valence-electron chi connectivity index (χ0n) is 9.99. The van der Waals surface area contributed by atoms with Crippen LogP contribution in [0.25, 0.3) is 11.0 Å². The minimum absolute atomic E-state index is 0.0225. The number of rotatable bonds is 2. The molecule has 20 heavy (non-hydrogen) atoms. The molecule has 0 saturated carbocycles. The van der Waals surface area contributed by atoms with Gasteiger partial charge in [0.05, 0.1) is 5.02 Å². The molecule has 0 atom stereocenters. The van der Waals surface area contributed by atoms with Crippen molar-refractivity contribution in [3.63, 3.8) is 0 Å². The van der Waals surface area contributed by atoms with Crippen molar-refractivity contribution in [2.45, 2.75) is 0 Å². The average Bonchev–Trinajstić information content (AvgIpc) is 2.86. The monoisotopic (exact) mass is 308 g/mol. The predicted molar refractivity (Wildman–Crippen MR) is 76.1 cm³/mol. The minimum Gasteiger partial charge on any atom is -0.449 e. The average molecular weight is 309 g/mol. The fourth-order valence-corrected chi connectivity index (χ4v) is 2.32. The molecule has 0 aliphatic carbocycles. The van der Waals surface area contributed by atoms with Crippen LogP contribution in [0.3, 0.4) is 0 Å². The van der Waals surface area contributed by atoms with Crippen LogP contribution < -0.4 is 0 Å². The SMILES string of the molecule is O=C(c1cc2cccc(F)c2o1)c1cc(Cl)ccc1Cl. The first-order valence-corrected chi connectivity index (χ1v) is 6.49. The van der Waals surface area contributed by atoms with Crippen molar-refractivity contribution < 1.29 is 13.6 Å². The van der Waals surface area contributed by atoms with Gasteiger partial charge >= 0.3 is 0 Å². The zero-order valence-corrected chi connectivity index (χ0v) is 11.5. The van der Waals surface area contributed by atoms with Crippen molar-refractivity contribution in [1.29, 1.82) is 0 Å². The Balaban J connectivity index is 2.13. The summed E-state index contributed by atoms with van der Waals surface area (Å²) in [5.74, 6) is -0.930. The van der Waals surface area contributed by atoms with Gasteiger partial charge in [0.1, 0.15) is 0 Å². The Morgan fingerprint density at radius 1 is 1.10 bits per heavy atom. The lowest BCUT2D eigenvalue weighted by molar-refractivity contribution is 0.101. The second-order valence-electron chi connectivity index (χ2n) is 4.22. The van der Waals surface area contributed by atoms with Crippen molar-refractivity contribution in [3.05, 3.63) is 69.7 Å². The topological polar surface area (TPSA) is 30.2 Å². The second-order valence-corrected chi connectivity index (χ2v) is 5.07. The molecule has 0 amide bonds. The van der Waals surface area contributed by atoms with Crippen LogP contribution in [-0.4, -0.2) is 5.78 Å². The van der Waals surface area contributed by atoms with E-state index < -0.39 is 11.6 Å². The summed E-state index contributed by atoms with van der Waals surface area (Å²) in [5.41, 5.74) is 0.271. The summed E-state index contributed by atoms with van der Waals surface area (Å²) in [7, 11) is 0. The Hall–Kier alpha value is -1.84. The molecular formula is C15H7Cl2FO2. The lowest BCUT2D eigenvalue weighted by Gasteiger charge is -2.01. The molecule has 0 saturated heterocycles. The Labute approximate surface area is 123 Å². The van der Waals surface area contributed by atoms with Crippen LogP contribution >= 0.6 is 23.2 Å². The highest BCUT2D eigenvalue weighted by Crippen LogP contribution is 2.27. The first-order chi connectivity index (χ1) is 9.56. The van der Waals surface area contributed by atoms with E-state index in [-0.39, 0.29) is 21.9 Å². The van der Waals surface area contributed by atoms with E-state index >= 15 is 0 Å². The van der Waals surface area contributed by atoms with Crippen molar-refractivity contribution in [1.82, 2.24) is 0 Å².